The van der Waals surface area contributed by atoms with E-state index in [1.165, 1.54) is 32.1 Å². The summed E-state index contributed by atoms with van der Waals surface area (Å²) in [4.78, 5) is 15.0. The van der Waals surface area contributed by atoms with Gasteiger partial charge in [-0.2, -0.15) is 0 Å². The molecule has 0 bridgehead atoms. The quantitative estimate of drug-likeness (QED) is 0.847. The van der Waals surface area contributed by atoms with Gasteiger partial charge in [0.05, 0.1) is 11.7 Å². The van der Waals surface area contributed by atoms with Crippen LogP contribution in [0.1, 0.15) is 72.6 Å². The Labute approximate surface area is 118 Å². The molecule has 1 aliphatic heterocycles. The first-order valence-corrected chi connectivity index (χ1v) is 8.16. The van der Waals surface area contributed by atoms with Crippen LogP contribution in [0.4, 0.5) is 0 Å². The van der Waals surface area contributed by atoms with E-state index in [4.69, 9.17) is 0 Å². The Morgan fingerprint density at radius 2 is 2.00 bits per heavy atom. The second-order valence-corrected chi connectivity index (χ2v) is 6.56. The highest BCUT2D eigenvalue weighted by Gasteiger charge is 2.48. The van der Waals surface area contributed by atoms with Crippen LogP contribution in [0.15, 0.2) is 0 Å². The molecule has 0 aromatic rings. The molecule has 2 aliphatic rings. The molecular formula is C16H30N2O. The standard InChI is InChI=1S/C16H30N2O/c1-5-12-9-8-10-13(11-12)18-14(6-2)17-16(4,7-3)15(18)19/h12-14,17H,5-11H2,1-4H3. The van der Waals surface area contributed by atoms with E-state index in [-0.39, 0.29) is 11.7 Å². The minimum absolute atomic E-state index is 0.248. The van der Waals surface area contributed by atoms with Crippen molar-refractivity contribution < 1.29 is 4.79 Å². The zero-order valence-electron chi connectivity index (χ0n) is 13.0. The minimum Gasteiger partial charge on any atom is -0.323 e. The monoisotopic (exact) mass is 266 g/mol. The van der Waals surface area contributed by atoms with Crippen molar-refractivity contribution in [2.75, 3.05) is 0 Å². The van der Waals surface area contributed by atoms with Gasteiger partial charge in [0.15, 0.2) is 0 Å². The fraction of sp³-hybridized carbons (Fsp3) is 0.938. The maximum Gasteiger partial charge on any atom is 0.244 e. The van der Waals surface area contributed by atoms with Gasteiger partial charge in [-0.05, 0) is 38.5 Å². The van der Waals surface area contributed by atoms with Gasteiger partial charge in [-0.25, -0.2) is 0 Å². The first-order valence-electron chi connectivity index (χ1n) is 8.16. The number of amides is 1. The molecule has 0 aromatic heterocycles. The molecule has 1 amide bonds. The summed E-state index contributed by atoms with van der Waals surface area (Å²) in [5, 5.41) is 3.57. The van der Waals surface area contributed by atoms with Crippen molar-refractivity contribution in [1.82, 2.24) is 10.2 Å². The molecule has 4 unspecified atom stereocenters. The lowest BCUT2D eigenvalue weighted by atomic mass is 9.83. The van der Waals surface area contributed by atoms with Gasteiger partial charge in [-0.1, -0.05) is 40.0 Å². The molecule has 1 saturated carbocycles. The fourth-order valence-corrected chi connectivity index (χ4v) is 3.78. The summed E-state index contributed by atoms with van der Waals surface area (Å²) in [6.07, 6.45) is 8.43. The van der Waals surface area contributed by atoms with Crippen LogP contribution in [-0.2, 0) is 4.79 Å². The van der Waals surface area contributed by atoms with Crippen molar-refractivity contribution in [2.24, 2.45) is 5.92 Å². The molecule has 110 valence electrons. The van der Waals surface area contributed by atoms with Gasteiger partial charge in [-0.3, -0.25) is 10.1 Å². The maximum atomic E-state index is 12.8. The van der Waals surface area contributed by atoms with Crippen molar-refractivity contribution in [3.05, 3.63) is 0 Å². The second kappa shape index (κ2) is 5.82. The van der Waals surface area contributed by atoms with Gasteiger partial charge >= 0.3 is 0 Å². The van der Waals surface area contributed by atoms with Gasteiger partial charge in [-0.15, -0.1) is 0 Å². The van der Waals surface area contributed by atoms with Gasteiger partial charge in [0, 0.05) is 6.04 Å². The van der Waals surface area contributed by atoms with Crippen LogP contribution < -0.4 is 5.32 Å². The largest absolute Gasteiger partial charge is 0.323 e. The Morgan fingerprint density at radius 1 is 1.26 bits per heavy atom. The molecule has 1 aliphatic carbocycles. The Hall–Kier alpha value is -0.570. The zero-order chi connectivity index (χ0) is 14.0. The number of carbonyl (C=O) groups is 1. The molecule has 0 radical (unpaired) electrons. The van der Waals surface area contributed by atoms with E-state index in [0.717, 1.165) is 18.8 Å². The van der Waals surface area contributed by atoms with E-state index in [1.807, 2.05) is 0 Å². The Balaban J connectivity index is 2.15. The van der Waals surface area contributed by atoms with Crippen molar-refractivity contribution in [3.63, 3.8) is 0 Å². The summed E-state index contributed by atoms with van der Waals surface area (Å²) in [5.41, 5.74) is -0.333. The van der Waals surface area contributed by atoms with Crippen LogP contribution in [0.5, 0.6) is 0 Å². The Bertz CT molecular complexity index is 331. The number of carbonyl (C=O) groups excluding carboxylic acids is 1. The lowest BCUT2D eigenvalue weighted by molar-refractivity contribution is -0.136. The highest BCUT2D eigenvalue weighted by Crippen LogP contribution is 2.35. The van der Waals surface area contributed by atoms with E-state index < -0.39 is 0 Å². The number of nitrogens with one attached hydrogen (secondary N) is 1. The van der Waals surface area contributed by atoms with Crippen molar-refractivity contribution in [3.8, 4) is 0 Å². The van der Waals surface area contributed by atoms with Gasteiger partial charge < -0.3 is 4.90 Å². The topological polar surface area (TPSA) is 32.3 Å². The molecule has 3 heteroatoms. The third-order valence-electron chi connectivity index (χ3n) is 5.35. The summed E-state index contributed by atoms with van der Waals surface area (Å²) >= 11 is 0. The summed E-state index contributed by atoms with van der Waals surface area (Å²) in [6, 6.07) is 0.469. The molecule has 0 aromatic carbocycles. The second-order valence-electron chi connectivity index (χ2n) is 6.56. The van der Waals surface area contributed by atoms with Gasteiger partial charge in [0.1, 0.15) is 0 Å². The Kier molecular flexibility index (Phi) is 4.54. The number of nitrogens with zero attached hydrogens (tertiary/aromatic N) is 1. The van der Waals surface area contributed by atoms with E-state index >= 15 is 0 Å². The van der Waals surface area contributed by atoms with Crippen LogP contribution in [0.3, 0.4) is 0 Å². The first kappa shape index (κ1) is 14.8. The number of rotatable bonds is 4. The molecule has 2 rings (SSSR count). The molecule has 3 nitrogen and oxygen atoms in total. The molecule has 4 atom stereocenters. The van der Waals surface area contributed by atoms with E-state index in [0.29, 0.717) is 11.9 Å². The predicted molar refractivity (Wildman–Crippen MR) is 78.8 cm³/mol. The number of hydrogen-bond acceptors (Lipinski definition) is 2. The van der Waals surface area contributed by atoms with Crippen LogP contribution in [0.25, 0.3) is 0 Å². The lowest BCUT2D eigenvalue weighted by Gasteiger charge is -2.38. The van der Waals surface area contributed by atoms with Crippen molar-refractivity contribution >= 4 is 5.91 Å². The van der Waals surface area contributed by atoms with E-state index in [1.54, 1.807) is 0 Å². The third kappa shape index (κ3) is 2.67. The highest BCUT2D eigenvalue weighted by molar-refractivity contribution is 5.88. The van der Waals surface area contributed by atoms with Crippen LogP contribution in [0.2, 0.25) is 0 Å². The minimum atomic E-state index is -0.333. The summed E-state index contributed by atoms with van der Waals surface area (Å²) in [5.74, 6) is 1.15. The average Bonchev–Trinajstić information content (AvgIpc) is 2.71. The van der Waals surface area contributed by atoms with Gasteiger partial charge in [0.25, 0.3) is 0 Å². The molecule has 1 N–H and O–H groups in total. The van der Waals surface area contributed by atoms with Crippen LogP contribution in [-0.4, -0.2) is 28.6 Å². The summed E-state index contributed by atoms with van der Waals surface area (Å²) in [6.45, 7) is 8.64. The predicted octanol–water partition coefficient (Wildman–Crippen LogP) is 3.29. The molecular weight excluding hydrogens is 236 g/mol. The zero-order valence-corrected chi connectivity index (χ0v) is 13.0. The first-order chi connectivity index (χ1) is 9.05. The van der Waals surface area contributed by atoms with Crippen molar-refractivity contribution in [2.45, 2.75) is 90.4 Å². The molecule has 2 fully saturated rings. The summed E-state index contributed by atoms with van der Waals surface area (Å²) in [7, 11) is 0. The van der Waals surface area contributed by atoms with E-state index in [9.17, 15) is 4.79 Å². The number of hydrogen-bond donors (Lipinski definition) is 1. The smallest absolute Gasteiger partial charge is 0.244 e. The highest BCUT2D eigenvalue weighted by atomic mass is 16.2. The average molecular weight is 266 g/mol. The molecule has 0 spiro atoms. The normalized spacial score (nSPS) is 39.9. The third-order valence-corrected chi connectivity index (χ3v) is 5.35. The van der Waals surface area contributed by atoms with Gasteiger partial charge in [0.2, 0.25) is 5.91 Å². The maximum absolute atomic E-state index is 12.8. The molecule has 1 heterocycles. The SMILES string of the molecule is CCC1CCCC(N2C(=O)C(C)(CC)NC2CC)C1. The lowest BCUT2D eigenvalue weighted by Crippen LogP contribution is -2.47. The Morgan fingerprint density at radius 3 is 2.58 bits per heavy atom. The molecule has 19 heavy (non-hydrogen) atoms. The molecule has 1 saturated heterocycles. The van der Waals surface area contributed by atoms with Crippen LogP contribution in [0, 0.1) is 5.92 Å². The summed E-state index contributed by atoms with van der Waals surface area (Å²) < 4.78 is 0. The van der Waals surface area contributed by atoms with Crippen molar-refractivity contribution in [1.29, 1.82) is 0 Å². The van der Waals surface area contributed by atoms with E-state index in [2.05, 4.69) is 37.9 Å². The van der Waals surface area contributed by atoms with Crippen LogP contribution >= 0.6 is 0 Å². The fourth-order valence-electron chi connectivity index (χ4n) is 3.78.